The number of fused-ring (bicyclic) bond motifs is 1. The van der Waals surface area contributed by atoms with Crippen LogP contribution in [0.4, 0.5) is 0 Å². The molecule has 1 heterocycles. The minimum atomic E-state index is -0.177. The van der Waals surface area contributed by atoms with Gasteiger partial charge < -0.3 is 5.32 Å². The first-order chi connectivity index (χ1) is 11.7. The van der Waals surface area contributed by atoms with Gasteiger partial charge in [-0.2, -0.15) is 0 Å². The number of carbonyl (C=O) groups is 1. The maximum atomic E-state index is 12.3. The SMILES string of the molecule is C[C@@H](Sc1ncnc2ccccc12)C(=O)NCCC1=CCCCC1. The normalized spacial score (nSPS) is 15.8. The standard InChI is InChI=1S/C19H23N3OS/c1-14(18(23)20-12-11-15-7-3-2-4-8-15)24-19-16-9-5-6-10-17(16)21-13-22-19/h5-7,9-10,13-14H,2-4,8,11-12H2,1H3,(H,20,23)/t14-/m1/s1. The van der Waals surface area contributed by atoms with Gasteiger partial charge in [0.15, 0.2) is 0 Å². The molecule has 1 aliphatic carbocycles. The number of nitrogens with zero attached hydrogens (tertiary/aromatic N) is 2. The molecule has 1 aromatic heterocycles. The monoisotopic (exact) mass is 341 g/mol. The van der Waals surface area contributed by atoms with Crippen molar-refractivity contribution in [2.45, 2.75) is 49.3 Å². The molecule has 1 amide bonds. The molecule has 0 saturated heterocycles. The van der Waals surface area contributed by atoms with Crippen molar-refractivity contribution < 1.29 is 4.79 Å². The lowest BCUT2D eigenvalue weighted by molar-refractivity contribution is -0.120. The second kappa shape index (κ2) is 8.29. The van der Waals surface area contributed by atoms with Crippen LogP contribution in [0.2, 0.25) is 0 Å². The highest BCUT2D eigenvalue weighted by molar-refractivity contribution is 8.00. The lowest BCUT2D eigenvalue weighted by Gasteiger charge is -2.15. The third kappa shape index (κ3) is 4.35. The van der Waals surface area contributed by atoms with Crippen molar-refractivity contribution in [1.82, 2.24) is 15.3 Å². The molecule has 24 heavy (non-hydrogen) atoms. The van der Waals surface area contributed by atoms with Gasteiger partial charge in [-0.1, -0.05) is 41.6 Å². The summed E-state index contributed by atoms with van der Waals surface area (Å²) in [7, 11) is 0. The highest BCUT2D eigenvalue weighted by Gasteiger charge is 2.16. The van der Waals surface area contributed by atoms with Crippen LogP contribution in [0.3, 0.4) is 0 Å². The van der Waals surface area contributed by atoms with Crippen LogP contribution >= 0.6 is 11.8 Å². The predicted octanol–water partition coefficient (Wildman–Crippen LogP) is 4.12. The number of rotatable bonds is 6. The van der Waals surface area contributed by atoms with Crippen molar-refractivity contribution in [3.63, 3.8) is 0 Å². The summed E-state index contributed by atoms with van der Waals surface area (Å²) in [4.78, 5) is 20.9. The Balaban J connectivity index is 1.54. The second-order valence-electron chi connectivity index (χ2n) is 6.11. The van der Waals surface area contributed by atoms with E-state index in [1.54, 1.807) is 6.33 Å². The van der Waals surface area contributed by atoms with E-state index in [-0.39, 0.29) is 11.2 Å². The van der Waals surface area contributed by atoms with Gasteiger partial charge in [0.25, 0.3) is 0 Å². The van der Waals surface area contributed by atoms with E-state index >= 15 is 0 Å². The Morgan fingerprint density at radius 3 is 3.00 bits per heavy atom. The minimum Gasteiger partial charge on any atom is -0.355 e. The molecule has 3 rings (SSSR count). The fraction of sp³-hybridized carbons (Fsp3) is 0.421. The fourth-order valence-corrected chi connectivity index (χ4v) is 3.85. The van der Waals surface area contributed by atoms with E-state index in [9.17, 15) is 4.79 Å². The number of hydrogen-bond donors (Lipinski definition) is 1. The van der Waals surface area contributed by atoms with E-state index < -0.39 is 0 Å². The average molecular weight is 341 g/mol. The molecular formula is C19H23N3OS. The van der Waals surface area contributed by atoms with E-state index in [4.69, 9.17) is 0 Å². The molecule has 1 aromatic carbocycles. The quantitative estimate of drug-likeness (QED) is 0.488. The molecule has 4 nitrogen and oxygen atoms in total. The van der Waals surface area contributed by atoms with Gasteiger partial charge in [0.2, 0.25) is 5.91 Å². The van der Waals surface area contributed by atoms with Crippen molar-refractivity contribution in [2.24, 2.45) is 0 Å². The molecule has 0 saturated carbocycles. The van der Waals surface area contributed by atoms with Gasteiger partial charge in [0, 0.05) is 11.9 Å². The zero-order valence-electron chi connectivity index (χ0n) is 14.0. The number of thioether (sulfide) groups is 1. The van der Waals surface area contributed by atoms with E-state index in [0.717, 1.165) is 28.9 Å². The largest absolute Gasteiger partial charge is 0.355 e. The molecule has 0 fully saturated rings. The van der Waals surface area contributed by atoms with Crippen molar-refractivity contribution in [1.29, 1.82) is 0 Å². The van der Waals surface area contributed by atoms with E-state index in [1.807, 2.05) is 31.2 Å². The van der Waals surface area contributed by atoms with Gasteiger partial charge in [0.05, 0.1) is 10.8 Å². The number of nitrogens with one attached hydrogen (secondary N) is 1. The Kier molecular flexibility index (Phi) is 5.86. The van der Waals surface area contributed by atoms with E-state index in [0.29, 0.717) is 0 Å². The molecule has 0 radical (unpaired) electrons. The van der Waals surface area contributed by atoms with Crippen molar-refractivity contribution in [3.05, 3.63) is 42.2 Å². The number of para-hydroxylation sites is 1. The van der Waals surface area contributed by atoms with Gasteiger partial charge in [-0.05, 0) is 45.1 Å². The Labute approximate surface area is 147 Å². The molecule has 0 unspecified atom stereocenters. The Morgan fingerprint density at radius 2 is 2.17 bits per heavy atom. The Morgan fingerprint density at radius 1 is 1.29 bits per heavy atom. The summed E-state index contributed by atoms with van der Waals surface area (Å²) in [6.45, 7) is 2.65. The van der Waals surface area contributed by atoms with Crippen LogP contribution in [-0.2, 0) is 4.79 Å². The summed E-state index contributed by atoms with van der Waals surface area (Å²) in [5, 5.41) is 4.73. The summed E-state index contributed by atoms with van der Waals surface area (Å²) in [6, 6.07) is 7.89. The fourth-order valence-electron chi connectivity index (χ4n) is 2.92. The number of amides is 1. The first kappa shape index (κ1) is 17.0. The number of allylic oxidation sites excluding steroid dienone is 1. The molecule has 0 aliphatic heterocycles. The van der Waals surface area contributed by atoms with Gasteiger partial charge in [-0.15, -0.1) is 0 Å². The number of benzene rings is 1. The molecule has 0 bridgehead atoms. The lowest BCUT2D eigenvalue weighted by atomic mass is 9.97. The van der Waals surface area contributed by atoms with Gasteiger partial charge in [-0.3, -0.25) is 4.79 Å². The van der Waals surface area contributed by atoms with Gasteiger partial charge in [-0.25, -0.2) is 9.97 Å². The summed E-state index contributed by atoms with van der Waals surface area (Å²) in [6.07, 6.45) is 9.83. The first-order valence-electron chi connectivity index (χ1n) is 8.56. The summed E-state index contributed by atoms with van der Waals surface area (Å²) in [5.41, 5.74) is 2.40. The van der Waals surface area contributed by atoms with Crippen molar-refractivity contribution in [2.75, 3.05) is 6.54 Å². The van der Waals surface area contributed by atoms with Crippen molar-refractivity contribution in [3.8, 4) is 0 Å². The zero-order chi connectivity index (χ0) is 16.8. The third-order valence-corrected chi connectivity index (χ3v) is 5.41. The van der Waals surface area contributed by atoms with Crippen LogP contribution in [-0.4, -0.2) is 27.7 Å². The molecule has 1 N–H and O–H groups in total. The van der Waals surface area contributed by atoms with Crippen LogP contribution in [0.5, 0.6) is 0 Å². The smallest absolute Gasteiger partial charge is 0.233 e. The zero-order valence-corrected chi connectivity index (χ0v) is 14.8. The maximum absolute atomic E-state index is 12.3. The van der Waals surface area contributed by atoms with Gasteiger partial charge in [0.1, 0.15) is 11.4 Å². The predicted molar refractivity (Wildman–Crippen MR) is 99.0 cm³/mol. The highest BCUT2D eigenvalue weighted by Crippen LogP contribution is 2.27. The number of hydrogen-bond acceptors (Lipinski definition) is 4. The Hall–Kier alpha value is -1.88. The van der Waals surface area contributed by atoms with Crippen LogP contribution < -0.4 is 5.32 Å². The summed E-state index contributed by atoms with van der Waals surface area (Å²) in [5.74, 6) is 0.0686. The first-order valence-corrected chi connectivity index (χ1v) is 9.44. The van der Waals surface area contributed by atoms with Gasteiger partial charge >= 0.3 is 0 Å². The average Bonchev–Trinajstić information content (AvgIpc) is 2.63. The van der Waals surface area contributed by atoms with E-state index in [1.165, 1.54) is 43.0 Å². The molecule has 0 spiro atoms. The molecule has 5 heteroatoms. The summed E-state index contributed by atoms with van der Waals surface area (Å²) < 4.78 is 0. The molecule has 1 atom stereocenters. The van der Waals surface area contributed by atoms with Crippen LogP contribution in [0.15, 0.2) is 47.3 Å². The van der Waals surface area contributed by atoms with Crippen LogP contribution in [0.25, 0.3) is 10.9 Å². The molecule has 2 aromatic rings. The lowest BCUT2D eigenvalue weighted by Crippen LogP contribution is -2.32. The van der Waals surface area contributed by atoms with Crippen LogP contribution in [0.1, 0.15) is 39.0 Å². The van der Waals surface area contributed by atoms with Crippen LogP contribution in [0, 0.1) is 0 Å². The molecule has 1 aliphatic rings. The highest BCUT2D eigenvalue weighted by atomic mass is 32.2. The topological polar surface area (TPSA) is 54.9 Å². The number of carbonyl (C=O) groups excluding carboxylic acids is 1. The summed E-state index contributed by atoms with van der Waals surface area (Å²) >= 11 is 1.49. The maximum Gasteiger partial charge on any atom is 0.233 e. The second-order valence-corrected chi connectivity index (χ2v) is 7.43. The number of aromatic nitrogens is 2. The Bertz CT molecular complexity index is 739. The molecule has 126 valence electrons. The molecular weight excluding hydrogens is 318 g/mol. The minimum absolute atomic E-state index is 0.0686. The third-order valence-electron chi connectivity index (χ3n) is 4.29. The van der Waals surface area contributed by atoms with Crippen molar-refractivity contribution >= 4 is 28.6 Å². The van der Waals surface area contributed by atoms with E-state index in [2.05, 4.69) is 21.4 Å².